The molecule has 0 radical (unpaired) electrons. The minimum absolute atomic E-state index is 0.324. The lowest BCUT2D eigenvalue weighted by molar-refractivity contribution is 0.375. The maximum Gasteiger partial charge on any atom is 0.226 e. The van der Waals surface area contributed by atoms with Crippen LogP contribution in [0.2, 0.25) is 0 Å². The van der Waals surface area contributed by atoms with E-state index < -0.39 is 0 Å². The van der Waals surface area contributed by atoms with Crippen LogP contribution in [0.1, 0.15) is 30.2 Å². The summed E-state index contributed by atoms with van der Waals surface area (Å²) in [6.45, 7) is 1.97. The van der Waals surface area contributed by atoms with Gasteiger partial charge in [0.2, 0.25) is 5.89 Å². The fourth-order valence-electron chi connectivity index (χ4n) is 1.50. The van der Waals surface area contributed by atoms with Crippen LogP contribution in [0.3, 0.4) is 0 Å². The number of benzene rings is 1. The van der Waals surface area contributed by atoms with Crippen LogP contribution in [0.4, 0.5) is 0 Å². The molecule has 5 heteroatoms. The van der Waals surface area contributed by atoms with Crippen molar-refractivity contribution in [1.29, 1.82) is 0 Å². The molecule has 0 aliphatic heterocycles. The largest absolute Gasteiger partial charge is 0.339 e. The summed E-state index contributed by atoms with van der Waals surface area (Å²) in [5, 5.41) is 3.89. The highest BCUT2D eigenvalue weighted by atomic mass is 32.2. The van der Waals surface area contributed by atoms with Crippen molar-refractivity contribution in [1.82, 2.24) is 10.1 Å². The van der Waals surface area contributed by atoms with Crippen molar-refractivity contribution in [3.05, 3.63) is 41.5 Å². The zero-order valence-corrected chi connectivity index (χ0v) is 10.7. The molecular formula is C12H15N3OS. The van der Waals surface area contributed by atoms with Crippen LogP contribution in [-0.2, 0) is 6.42 Å². The summed E-state index contributed by atoms with van der Waals surface area (Å²) in [5.74, 6) is 1.16. The quantitative estimate of drug-likeness (QED) is 0.843. The first-order chi connectivity index (χ1) is 8.24. The molecule has 0 fully saturated rings. The highest BCUT2D eigenvalue weighted by molar-refractivity contribution is 7.98. The van der Waals surface area contributed by atoms with E-state index >= 15 is 0 Å². The molecule has 0 saturated heterocycles. The van der Waals surface area contributed by atoms with Gasteiger partial charge in [-0.15, -0.1) is 11.8 Å². The first-order valence-corrected chi connectivity index (χ1v) is 6.69. The Hall–Kier alpha value is -1.33. The van der Waals surface area contributed by atoms with Gasteiger partial charge in [0.25, 0.3) is 0 Å². The van der Waals surface area contributed by atoms with E-state index in [-0.39, 0.29) is 6.04 Å². The molecule has 1 atom stereocenters. The Morgan fingerprint density at radius 2 is 2.06 bits per heavy atom. The normalized spacial score (nSPS) is 12.6. The average Bonchev–Trinajstić information content (AvgIpc) is 2.87. The molecule has 0 bridgehead atoms. The molecule has 2 aromatic rings. The van der Waals surface area contributed by atoms with Gasteiger partial charge < -0.3 is 10.3 Å². The number of hydrogen-bond donors (Lipinski definition) is 1. The van der Waals surface area contributed by atoms with Crippen molar-refractivity contribution in [2.75, 3.05) is 6.26 Å². The highest BCUT2D eigenvalue weighted by Gasteiger charge is 2.15. The SMILES string of the molecule is CCc1nc(C(N)c2ccc(SC)cc2)no1. The van der Waals surface area contributed by atoms with Gasteiger partial charge in [0, 0.05) is 11.3 Å². The van der Waals surface area contributed by atoms with Crippen molar-refractivity contribution >= 4 is 11.8 Å². The third-order valence-corrected chi connectivity index (χ3v) is 3.28. The zero-order chi connectivity index (χ0) is 12.3. The van der Waals surface area contributed by atoms with Gasteiger partial charge in [0.05, 0.1) is 6.04 Å². The first kappa shape index (κ1) is 12.1. The van der Waals surface area contributed by atoms with Gasteiger partial charge in [-0.1, -0.05) is 24.2 Å². The number of nitrogens with two attached hydrogens (primary N) is 1. The number of thioether (sulfide) groups is 1. The Balaban J connectivity index is 2.20. The van der Waals surface area contributed by atoms with E-state index in [9.17, 15) is 0 Å². The van der Waals surface area contributed by atoms with Crippen LogP contribution in [0.15, 0.2) is 33.7 Å². The zero-order valence-electron chi connectivity index (χ0n) is 9.88. The van der Waals surface area contributed by atoms with Crippen molar-refractivity contribution in [3.63, 3.8) is 0 Å². The highest BCUT2D eigenvalue weighted by Crippen LogP contribution is 2.21. The number of aromatic nitrogens is 2. The minimum Gasteiger partial charge on any atom is -0.339 e. The van der Waals surface area contributed by atoms with Crippen molar-refractivity contribution in [2.45, 2.75) is 24.3 Å². The van der Waals surface area contributed by atoms with Crippen LogP contribution < -0.4 is 5.73 Å². The van der Waals surface area contributed by atoms with Gasteiger partial charge in [-0.25, -0.2) is 0 Å². The molecule has 2 rings (SSSR count). The number of nitrogens with zero attached hydrogens (tertiary/aromatic N) is 2. The second kappa shape index (κ2) is 5.33. The fraction of sp³-hybridized carbons (Fsp3) is 0.333. The third kappa shape index (κ3) is 2.68. The molecular weight excluding hydrogens is 234 g/mol. The lowest BCUT2D eigenvalue weighted by atomic mass is 10.1. The summed E-state index contributed by atoms with van der Waals surface area (Å²) in [6.07, 6.45) is 2.77. The smallest absolute Gasteiger partial charge is 0.226 e. The molecule has 1 aromatic carbocycles. The molecule has 17 heavy (non-hydrogen) atoms. The standard InChI is InChI=1S/C12H15N3OS/c1-3-10-14-12(15-16-10)11(13)8-4-6-9(17-2)7-5-8/h4-7,11H,3,13H2,1-2H3. The van der Waals surface area contributed by atoms with Gasteiger partial charge in [0.15, 0.2) is 5.82 Å². The van der Waals surface area contributed by atoms with Gasteiger partial charge in [-0.3, -0.25) is 0 Å². The van der Waals surface area contributed by atoms with E-state index in [1.165, 1.54) is 4.90 Å². The van der Waals surface area contributed by atoms with E-state index in [1.54, 1.807) is 11.8 Å². The van der Waals surface area contributed by atoms with E-state index in [0.717, 1.165) is 12.0 Å². The second-order valence-corrected chi connectivity index (χ2v) is 4.53. The Morgan fingerprint density at radius 1 is 1.35 bits per heavy atom. The summed E-state index contributed by atoms with van der Waals surface area (Å²) < 4.78 is 5.06. The summed E-state index contributed by atoms with van der Waals surface area (Å²) >= 11 is 1.70. The monoisotopic (exact) mass is 249 g/mol. The Bertz CT molecular complexity index is 481. The average molecular weight is 249 g/mol. The van der Waals surface area contributed by atoms with Gasteiger partial charge in [-0.2, -0.15) is 4.98 Å². The summed E-state index contributed by atoms with van der Waals surface area (Å²) in [7, 11) is 0. The molecule has 1 heterocycles. The van der Waals surface area contributed by atoms with E-state index in [1.807, 2.05) is 37.4 Å². The van der Waals surface area contributed by atoms with Crippen LogP contribution in [0.25, 0.3) is 0 Å². The minimum atomic E-state index is -0.324. The van der Waals surface area contributed by atoms with Gasteiger partial charge >= 0.3 is 0 Å². The van der Waals surface area contributed by atoms with Crippen LogP contribution in [-0.4, -0.2) is 16.4 Å². The van der Waals surface area contributed by atoms with Gasteiger partial charge in [-0.05, 0) is 24.0 Å². The van der Waals surface area contributed by atoms with Gasteiger partial charge in [0.1, 0.15) is 0 Å². The maximum absolute atomic E-state index is 6.08. The van der Waals surface area contributed by atoms with Crippen molar-refractivity contribution in [3.8, 4) is 0 Å². The number of hydrogen-bond acceptors (Lipinski definition) is 5. The van der Waals surface area contributed by atoms with Crippen LogP contribution >= 0.6 is 11.8 Å². The molecule has 0 aliphatic rings. The number of aryl methyl sites for hydroxylation is 1. The second-order valence-electron chi connectivity index (χ2n) is 3.65. The molecule has 0 saturated carbocycles. The van der Waals surface area contributed by atoms with Crippen LogP contribution in [0, 0.1) is 0 Å². The third-order valence-electron chi connectivity index (χ3n) is 2.54. The lowest BCUT2D eigenvalue weighted by Gasteiger charge is -2.07. The van der Waals surface area contributed by atoms with Crippen LogP contribution in [0.5, 0.6) is 0 Å². The predicted octanol–water partition coefficient (Wildman–Crippen LogP) is 2.40. The van der Waals surface area contributed by atoms with E-state index in [4.69, 9.17) is 10.3 Å². The molecule has 0 amide bonds. The Labute approximate surface area is 105 Å². The van der Waals surface area contributed by atoms with E-state index in [0.29, 0.717) is 11.7 Å². The lowest BCUT2D eigenvalue weighted by Crippen LogP contribution is -2.13. The first-order valence-electron chi connectivity index (χ1n) is 5.46. The Kier molecular flexibility index (Phi) is 3.81. The topological polar surface area (TPSA) is 64.9 Å². The summed E-state index contributed by atoms with van der Waals surface area (Å²) in [6, 6.07) is 7.76. The fourth-order valence-corrected chi connectivity index (χ4v) is 1.91. The molecule has 2 N–H and O–H groups in total. The maximum atomic E-state index is 6.08. The van der Waals surface area contributed by atoms with E-state index in [2.05, 4.69) is 10.1 Å². The molecule has 0 aliphatic carbocycles. The summed E-state index contributed by atoms with van der Waals surface area (Å²) in [5.41, 5.74) is 7.08. The number of rotatable bonds is 4. The molecule has 90 valence electrons. The predicted molar refractivity (Wildman–Crippen MR) is 67.9 cm³/mol. The summed E-state index contributed by atoms with van der Waals surface area (Å²) in [4.78, 5) is 5.45. The van der Waals surface area contributed by atoms with Crippen molar-refractivity contribution < 1.29 is 4.52 Å². The molecule has 0 spiro atoms. The molecule has 1 aromatic heterocycles. The Morgan fingerprint density at radius 3 is 2.59 bits per heavy atom. The molecule has 1 unspecified atom stereocenters. The molecule has 4 nitrogen and oxygen atoms in total. The van der Waals surface area contributed by atoms with Crippen molar-refractivity contribution in [2.24, 2.45) is 5.73 Å².